The molecule has 0 spiro atoms. The van der Waals surface area contributed by atoms with E-state index in [1.807, 2.05) is 12.1 Å². The first kappa shape index (κ1) is 20.2. The first-order valence-electron chi connectivity index (χ1n) is 9.05. The van der Waals surface area contributed by atoms with Crippen LogP contribution in [0.25, 0.3) is 0 Å². The number of benzene rings is 1. The van der Waals surface area contributed by atoms with Crippen molar-refractivity contribution >= 4 is 12.0 Å². The third-order valence-corrected chi connectivity index (χ3v) is 4.92. The third-order valence-electron chi connectivity index (χ3n) is 4.92. The van der Waals surface area contributed by atoms with Gasteiger partial charge < -0.3 is 15.5 Å². The predicted octanol–water partition coefficient (Wildman–Crippen LogP) is 1.60. The number of hydrogen-bond acceptors (Lipinski definition) is 4. The monoisotopic (exact) mass is 363 g/mol. The van der Waals surface area contributed by atoms with Gasteiger partial charge in [0, 0.05) is 37.3 Å². The van der Waals surface area contributed by atoms with Gasteiger partial charge in [-0.1, -0.05) is 24.3 Å². The van der Waals surface area contributed by atoms with Crippen LogP contribution in [0.1, 0.15) is 38.8 Å². The average molecular weight is 363 g/mol. The Labute approximate surface area is 154 Å². The van der Waals surface area contributed by atoms with Crippen molar-refractivity contribution in [3.05, 3.63) is 35.4 Å². The molecule has 1 aliphatic heterocycles. The van der Waals surface area contributed by atoms with Crippen molar-refractivity contribution in [1.29, 1.82) is 0 Å². The van der Waals surface area contributed by atoms with Gasteiger partial charge in [-0.2, -0.15) is 0 Å². The molecule has 3 N–H and O–H groups in total. The van der Waals surface area contributed by atoms with E-state index in [0.717, 1.165) is 10.5 Å². The zero-order chi connectivity index (χ0) is 19.5. The number of nitrogens with zero attached hydrogens (tertiary/aromatic N) is 2. The van der Waals surface area contributed by atoms with E-state index in [1.54, 1.807) is 12.1 Å². The molecule has 1 aromatic carbocycles. The molecule has 1 heterocycles. The summed E-state index contributed by atoms with van der Waals surface area (Å²) in [6.45, 7) is 9.34. The minimum Gasteiger partial charge on any atom is -0.465 e. The lowest BCUT2D eigenvalue weighted by Gasteiger charge is -2.41. The van der Waals surface area contributed by atoms with Crippen LogP contribution in [0.2, 0.25) is 0 Å². The van der Waals surface area contributed by atoms with Crippen molar-refractivity contribution in [2.75, 3.05) is 19.6 Å². The molecule has 2 amide bonds. The van der Waals surface area contributed by atoms with E-state index in [-0.39, 0.29) is 6.54 Å². The zero-order valence-electron chi connectivity index (χ0n) is 15.9. The summed E-state index contributed by atoms with van der Waals surface area (Å²) in [6, 6.07) is 7.57. The summed E-state index contributed by atoms with van der Waals surface area (Å²) in [4.78, 5) is 27.5. The largest absolute Gasteiger partial charge is 0.465 e. The van der Waals surface area contributed by atoms with Gasteiger partial charge >= 0.3 is 6.09 Å². The van der Waals surface area contributed by atoms with Gasteiger partial charge in [0.05, 0.1) is 0 Å². The van der Waals surface area contributed by atoms with Crippen LogP contribution in [0.5, 0.6) is 0 Å². The summed E-state index contributed by atoms with van der Waals surface area (Å²) in [5, 5.41) is 23.3. The fourth-order valence-electron chi connectivity index (χ4n) is 3.63. The first-order valence-corrected chi connectivity index (χ1v) is 9.05. The minimum absolute atomic E-state index is 0.0698. The fourth-order valence-corrected chi connectivity index (χ4v) is 3.63. The summed E-state index contributed by atoms with van der Waals surface area (Å²) in [5.41, 5.74) is -1.09. The van der Waals surface area contributed by atoms with E-state index < -0.39 is 17.7 Å². The molecule has 1 unspecified atom stereocenters. The smallest absolute Gasteiger partial charge is 0.410 e. The Morgan fingerprint density at radius 1 is 1.23 bits per heavy atom. The minimum atomic E-state index is -2.21. The van der Waals surface area contributed by atoms with E-state index in [9.17, 15) is 19.8 Å². The van der Waals surface area contributed by atoms with E-state index in [2.05, 4.69) is 37.9 Å². The van der Waals surface area contributed by atoms with Crippen LogP contribution in [0.3, 0.4) is 0 Å². The van der Waals surface area contributed by atoms with Crippen LogP contribution in [-0.2, 0) is 16.9 Å². The number of carboxylic acid groups (broad SMARTS) is 1. The van der Waals surface area contributed by atoms with Crippen molar-refractivity contribution < 1.29 is 19.8 Å². The Balaban J connectivity index is 2.20. The predicted molar refractivity (Wildman–Crippen MR) is 98.8 cm³/mol. The lowest BCUT2D eigenvalue weighted by molar-refractivity contribution is -0.164. The van der Waals surface area contributed by atoms with E-state index >= 15 is 0 Å². The van der Waals surface area contributed by atoms with Gasteiger partial charge in [-0.15, -0.1) is 0 Å². The number of hydrogen-bond donors (Lipinski definition) is 3. The highest BCUT2D eigenvalue weighted by atomic mass is 16.4. The second-order valence-electron chi connectivity index (χ2n) is 7.19. The molecule has 0 aromatic heterocycles. The summed E-state index contributed by atoms with van der Waals surface area (Å²) < 4.78 is 0. The first-order chi connectivity index (χ1) is 12.2. The van der Waals surface area contributed by atoms with Crippen LogP contribution < -0.4 is 5.32 Å². The Hall–Kier alpha value is -2.12. The summed E-state index contributed by atoms with van der Waals surface area (Å²) >= 11 is 0. The Morgan fingerprint density at radius 3 is 2.42 bits per heavy atom. The standard InChI is InChI=1S/C19H29N3O4/c1-13(2)21(14(3)4)12-10-20-17(23)19(26)16-8-6-5-7-15(16)9-11-22(19)18(24)25/h5-8,13-14,26H,9-12H2,1-4H3,(H,20,23)(H,24,25). The van der Waals surface area contributed by atoms with Crippen LogP contribution in [0.4, 0.5) is 4.79 Å². The molecule has 1 aliphatic rings. The normalized spacial score (nSPS) is 19.8. The molecular weight excluding hydrogens is 334 g/mol. The molecule has 0 aliphatic carbocycles. The third kappa shape index (κ3) is 3.83. The molecule has 2 rings (SSSR count). The quantitative estimate of drug-likeness (QED) is 0.714. The van der Waals surface area contributed by atoms with Crippen molar-refractivity contribution in [3.8, 4) is 0 Å². The van der Waals surface area contributed by atoms with E-state index in [1.165, 1.54) is 0 Å². The van der Waals surface area contributed by atoms with Crippen LogP contribution >= 0.6 is 0 Å². The van der Waals surface area contributed by atoms with Crippen LogP contribution in [0, 0.1) is 0 Å². The van der Waals surface area contributed by atoms with Gasteiger partial charge in [-0.05, 0) is 39.7 Å². The molecule has 7 heteroatoms. The molecule has 0 saturated carbocycles. The highest BCUT2D eigenvalue weighted by Gasteiger charge is 2.50. The van der Waals surface area contributed by atoms with Gasteiger partial charge in [-0.25, -0.2) is 4.79 Å². The SMILES string of the molecule is CC(C)N(CCNC(=O)C1(O)c2ccccc2CCN1C(=O)O)C(C)C. The summed E-state index contributed by atoms with van der Waals surface area (Å²) in [5.74, 6) is -0.709. The van der Waals surface area contributed by atoms with Crippen molar-refractivity contribution in [2.24, 2.45) is 0 Å². The topological polar surface area (TPSA) is 93.1 Å². The van der Waals surface area contributed by atoms with Crippen LogP contribution in [-0.4, -0.2) is 63.7 Å². The molecule has 0 saturated heterocycles. The maximum absolute atomic E-state index is 12.8. The molecule has 7 nitrogen and oxygen atoms in total. The lowest BCUT2D eigenvalue weighted by atomic mass is 9.89. The van der Waals surface area contributed by atoms with Gasteiger partial charge in [-0.3, -0.25) is 14.6 Å². The zero-order valence-corrected chi connectivity index (χ0v) is 15.9. The number of carbonyl (C=O) groups excluding carboxylic acids is 1. The number of nitrogens with one attached hydrogen (secondary N) is 1. The van der Waals surface area contributed by atoms with E-state index in [4.69, 9.17) is 0 Å². The Kier molecular flexibility index (Phi) is 6.26. The second-order valence-corrected chi connectivity index (χ2v) is 7.19. The second kappa shape index (κ2) is 8.05. The molecular formula is C19H29N3O4. The highest BCUT2D eigenvalue weighted by Crippen LogP contribution is 2.33. The van der Waals surface area contributed by atoms with Gasteiger partial charge in [0.1, 0.15) is 0 Å². The number of rotatable bonds is 6. The fraction of sp³-hybridized carbons (Fsp3) is 0.579. The van der Waals surface area contributed by atoms with Gasteiger partial charge in [0.25, 0.3) is 11.6 Å². The molecule has 1 aromatic rings. The molecule has 0 radical (unpaired) electrons. The molecule has 144 valence electrons. The van der Waals surface area contributed by atoms with Gasteiger partial charge in [0.2, 0.25) is 0 Å². The van der Waals surface area contributed by atoms with Crippen molar-refractivity contribution in [3.63, 3.8) is 0 Å². The van der Waals surface area contributed by atoms with Crippen LogP contribution in [0.15, 0.2) is 24.3 Å². The Bertz CT molecular complexity index is 654. The summed E-state index contributed by atoms with van der Waals surface area (Å²) in [7, 11) is 0. The Morgan fingerprint density at radius 2 is 1.85 bits per heavy atom. The molecule has 0 fully saturated rings. The average Bonchev–Trinajstić information content (AvgIpc) is 2.57. The van der Waals surface area contributed by atoms with Crippen molar-refractivity contribution in [1.82, 2.24) is 15.1 Å². The lowest BCUT2D eigenvalue weighted by Crippen LogP contribution is -2.61. The number of aliphatic hydroxyl groups is 1. The van der Waals surface area contributed by atoms with E-state index in [0.29, 0.717) is 37.2 Å². The summed E-state index contributed by atoms with van der Waals surface area (Å²) in [6.07, 6.45) is -0.852. The molecule has 0 bridgehead atoms. The number of carbonyl (C=O) groups is 2. The van der Waals surface area contributed by atoms with Crippen molar-refractivity contribution in [2.45, 2.75) is 51.9 Å². The maximum atomic E-state index is 12.8. The molecule has 1 atom stereocenters. The maximum Gasteiger partial charge on any atom is 0.410 e. The highest BCUT2D eigenvalue weighted by molar-refractivity contribution is 5.90. The number of amides is 2. The van der Waals surface area contributed by atoms with Gasteiger partial charge in [0.15, 0.2) is 0 Å². The number of fused-ring (bicyclic) bond motifs is 1. The molecule has 26 heavy (non-hydrogen) atoms.